The van der Waals surface area contributed by atoms with Gasteiger partial charge in [0.15, 0.2) is 0 Å². The Morgan fingerprint density at radius 2 is 1.94 bits per heavy atom. The molecule has 0 spiro atoms. The van der Waals surface area contributed by atoms with Gasteiger partial charge in [-0.2, -0.15) is 9.78 Å². The van der Waals surface area contributed by atoms with Crippen molar-refractivity contribution in [1.82, 2.24) is 25.0 Å². The van der Waals surface area contributed by atoms with Crippen molar-refractivity contribution in [3.63, 3.8) is 0 Å². The fourth-order valence-electron chi connectivity index (χ4n) is 4.26. The molecule has 0 bridgehead atoms. The summed E-state index contributed by atoms with van der Waals surface area (Å²) in [5, 5.41) is 10.7. The summed E-state index contributed by atoms with van der Waals surface area (Å²) in [6.45, 7) is 17.7. The largest absolute Gasteiger partial charge is 0.359 e. The number of carbonyl (C=O) groups is 1. The lowest BCUT2D eigenvalue weighted by molar-refractivity contribution is 0.0748. The Morgan fingerprint density at radius 1 is 1.27 bits per heavy atom. The van der Waals surface area contributed by atoms with Crippen LogP contribution in [0.15, 0.2) is 4.79 Å². The molecule has 33 heavy (non-hydrogen) atoms. The van der Waals surface area contributed by atoms with Crippen molar-refractivity contribution in [2.75, 3.05) is 13.2 Å². The molecule has 1 saturated carbocycles. The Labute approximate surface area is 200 Å². The number of rotatable bonds is 12. The molecule has 1 aromatic rings. The second kappa shape index (κ2) is 12.2. The van der Waals surface area contributed by atoms with Gasteiger partial charge in [0.2, 0.25) is 0 Å². The Morgan fingerprint density at radius 3 is 2.52 bits per heavy atom. The van der Waals surface area contributed by atoms with E-state index in [4.69, 9.17) is 4.74 Å². The van der Waals surface area contributed by atoms with Gasteiger partial charge in [0.1, 0.15) is 12.6 Å². The van der Waals surface area contributed by atoms with Gasteiger partial charge in [-0.25, -0.2) is 9.59 Å². The molecule has 2 rings (SSSR count). The number of ether oxygens (including phenoxy) is 1. The molecule has 2 amide bonds. The van der Waals surface area contributed by atoms with Crippen molar-refractivity contribution in [2.24, 2.45) is 5.41 Å². The van der Waals surface area contributed by atoms with E-state index in [1.807, 2.05) is 4.57 Å². The molecule has 0 aliphatic heterocycles. The monoisotopic (exact) mass is 481 g/mol. The number of nitrogens with one attached hydrogen (secondary N) is 2. The number of carbonyl (C=O) groups excluding carboxylic acids is 1. The maximum Gasteiger partial charge on any atom is 0.348 e. The van der Waals surface area contributed by atoms with Crippen LogP contribution in [0.1, 0.15) is 78.0 Å². The summed E-state index contributed by atoms with van der Waals surface area (Å²) in [6.07, 6.45) is 5.86. The van der Waals surface area contributed by atoms with Crippen molar-refractivity contribution >= 4 is 14.1 Å². The van der Waals surface area contributed by atoms with Crippen LogP contribution >= 0.6 is 0 Å². The maximum atomic E-state index is 13.2. The summed E-state index contributed by atoms with van der Waals surface area (Å²) < 4.78 is 9.14. The van der Waals surface area contributed by atoms with Crippen molar-refractivity contribution in [2.45, 2.75) is 117 Å². The predicted octanol–water partition coefficient (Wildman–Crippen LogP) is 4.53. The van der Waals surface area contributed by atoms with E-state index in [2.05, 4.69) is 63.1 Å². The number of aromatic nitrogens is 3. The van der Waals surface area contributed by atoms with Crippen LogP contribution in [0.3, 0.4) is 0 Å². The third-order valence-corrected chi connectivity index (χ3v) is 8.27. The van der Waals surface area contributed by atoms with Crippen molar-refractivity contribution < 1.29 is 9.53 Å². The van der Waals surface area contributed by atoms with Crippen molar-refractivity contribution in [3.8, 4) is 0 Å². The highest BCUT2D eigenvalue weighted by Crippen LogP contribution is 2.37. The van der Waals surface area contributed by atoms with Crippen LogP contribution in [0.2, 0.25) is 25.7 Å². The molecule has 0 radical (unpaired) electrons. The summed E-state index contributed by atoms with van der Waals surface area (Å²) in [5.41, 5.74) is -0.0693. The maximum absolute atomic E-state index is 13.2. The first-order chi connectivity index (χ1) is 15.4. The summed E-state index contributed by atoms with van der Waals surface area (Å²) in [6, 6.07) is 1.21. The number of unbranched alkanes of at least 4 members (excludes halogenated alkanes) is 1. The molecule has 0 saturated heterocycles. The van der Waals surface area contributed by atoms with Gasteiger partial charge in [0, 0.05) is 39.7 Å². The third-order valence-electron chi connectivity index (χ3n) is 6.56. The molecule has 1 fully saturated rings. The molecule has 2 N–H and O–H groups in total. The van der Waals surface area contributed by atoms with E-state index in [-0.39, 0.29) is 35.8 Å². The molecule has 8 nitrogen and oxygen atoms in total. The third kappa shape index (κ3) is 8.92. The fourth-order valence-corrected chi connectivity index (χ4v) is 5.02. The zero-order valence-corrected chi connectivity index (χ0v) is 23.0. The van der Waals surface area contributed by atoms with E-state index in [0.29, 0.717) is 13.2 Å². The van der Waals surface area contributed by atoms with Gasteiger partial charge in [-0.05, 0) is 43.6 Å². The molecule has 0 atom stereocenters. The van der Waals surface area contributed by atoms with Gasteiger partial charge >= 0.3 is 11.7 Å². The molecule has 1 heterocycles. The topological polar surface area (TPSA) is 90.2 Å². The first-order valence-electron chi connectivity index (χ1n) is 12.7. The van der Waals surface area contributed by atoms with E-state index in [1.165, 1.54) is 4.68 Å². The number of urea groups is 1. The van der Waals surface area contributed by atoms with E-state index in [1.54, 1.807) is 0 Å². The fraction of sp³-hybridized carbons (Fsp3) is 0.875. The molecule has 190 valence electrons. The molecule has 0 aromatic carbocycles. The smallest absolute Gasteiger partial charge is 0.348 e. The lowest BCUT2D eigenvalue weighted by atomic mass is 9.74. The first kappa shape index (κ1) is 27.6. The lowest BCUT2D eigenvalue weighted by Crippen LogP contribution is -2.46. The second-order valence-electron chi connectivity index (χ2n) is 11.6. The Kier molecular flexibility index (Phi) is 10.2. The highest BCUT2D eigenvalue weighted by atomic mass is 28.3. The number of hydrogen-bond acceptors (Lipinski definition) is 4. The highest BCUT2D eigenvalue weighted by Gasteiger charge is 2.34. The summed E-state index contributed by atoms with van der Waals surface area (Å²) in [5.74, 6) is 0.986. The molecule has 9 heteroatoms. The molecule has 1 aliphatic carbocycles. The Balaban J connectivity index is 1.96. The van der Waals surface area contributed by atoms with E-state index in [9.17, 15) is 9.59 Å². The zero-order chi connectivity index (χ0) is 24.6. The molecule has 1 aromatic heterocycles. The quantitative estimate of drug-likeness (QED) is 0.339. The normalized spacial score (nSPS) is 21.4. The summed E-state index contributed by atoms with van der Waals surface area (Å²) in [7, 11) is -1.17. The minimum atomic E-state index is -1.17. The minimum Gasteiger partial charge on any atom is -0.359 e. The number of hydrogen-bond donors (Lipinski definition) is 2. The lowest BCUT2D eigenvalue weighted by Gasteiger charge is -2.38. The van der Waals surface area contributed by atoms with Gasteiger partial charge in [-0.1, -0.05) is 53.8 Å². The van der Waals surface area contributed by atoms with Gasteiger partial charge in [-0.3, -0.25) is 4.57 Å². The van der Waals surface area contributed by atoms with Gasteiger partial charge in [0.25, 0.3) is 0 Å². The average molecular weight is 482 g/mol. The predicted molar refractivity (Wildman–Crippen MR) is 136 cm³/mol. The van der Waals surface area contributed by atoms with Crippen LogP contribution in [-0.4, -0.2) is 47.6 Å². The van der Waals surface area contributed by atoms with Crippen molar-refractivity contribution in [3.05, 3.63) is 16.3 Å². The highest BCUT2D eigenvalue weighted by molar-refractivity contribution is 6.76. The molecular weight excluding hydrogens is 434 g/mol. The summed E-state index contributed by atoms with van der Waals surface area (Å²) in [4.78, 5) is 25.2. The first-order valence-corrected chi connectivity index (χ1v) is 16.4. The number of amides is 2. The van der Waals surface area contributed by atoms with Crippen LogP contribution in [0.5, 0.6) is 0 Å². The van der Waals surface area contributed by atoms with Crippen molar-refractivity contribution in [1.29, 1.82) is 0 Å². The Hall–Kier alpha value is -1.61. The average Bonchev–Trinajstić information content (AvgIpc) is 3.02. The molecule has 1 aliphatic rings. The number of nitrogens with zero attached hydrogens (tertiary/aromatic N) is 3. The molecule has 0 unspecified atom stereocenters. The van der Waals surface area contributed by atoms with E-state index >= 15 is 0 Å². The standard InChI is InChI=1S/C24H47N5O3Si/c1-8-9-14-25-22(30)26-20-10-12-24(4,13-11-20)17-28-21(19(2)3)27-29(23(28)31)18-32-15-16-33(5,6)7/h19-20H,8-18H2,1-7H3,(H2,25,26,30). The summed E-state index contributed by atoms with van der Waals surface area (Å²) >= 11 is 0. The SMILES string of the molecule is CCCCNC(=O)NC1CCC(C)(Cn2c(C(C)C)nn(COCC[Si](C)(C)C)c2=O)CC1. The van der Waals surface area contributed by atoms with E-state index < -0.39 is 8.07 Å². The Bertz CT molecular complexity index is 804. The zero-order valence-electron chi connectivity index (χ0n) is 22.0. The van der Waals surface area contributed by atoms with Crippen LogP contribution in [0.25, 0.3) is 0 Å². The minimum absolute atomic E-state index is 0.0108. The molecular formula is C24H47N5O3Si. The van der Waals surface area contributed by atoms with Crippen LogP contribution in [0, 0.1) is 5.41 Å². The van der Waals surface area contributed by atoms with Crippen LogP contribution in [0.4, 0.5) is 4.79 Å². The van der Waals surface area contributed by atoms with Gasteiger partial charge < -0.3 is 15.4 Å². The van der Waals surface area contributed by atoms with Crippen LogP contribution in [-0.2, 0) is 18.0 Å². The van der Waals surface area contributed by atoms with Gasteiger partial charge in [0.05, 0.1) is 0 Å². The van der Waals surface area contributed by atoms with E-state index in [0.717, 1.165) is 56.9 Å². The van der Waals surface area contributed by atoms with Gasteiger partial charge in [-0.15, -0.1) is 0 Å². The second-order valence-corrected chi connectivity index (χ2v) is 17.2. The van der Waals surface area contributed by atoms with Crippen LogP contribution < -0.4 is 16.3 Å².